The summed E-state index contributed by atoms with van der Waals surface area (Å²) in [5.41, 5.74) is 0. The van der Waals surface area contributed by atoms with Gasteiger partial charge < -0.3 is 9.32 Å². The number of thioether (sulfide) groups is 1. The molecule has 2 unspecified atom stereocenters. The number of carbonyl (C=O) groups is 2. The maximum absolute atomic E-state index is 13.2. The Kier molecular flexibility index (Phi) is 5.21. The minimum atomic E-state index is -0.295. The number of aromatic nitrogens is 3. The zero-order valence-electron chi connectivity index (χ0n) is 16.4. The molecule has 1 fully saturated rings. The van der Waals surface area contributed by atoms with Crippen molar-refractivity contribution in [2.24, 2.45) is 0 Å². The van der Waals surface area contributed by atoms with Gasteiger partial charge >= 0.3 is 0 Å². The Morgan fingerprint density at radius 1 is 1.27 bits per heavy atom. The maximum Gasteiger partial charge on any atom is 0.289 e. The Hall–Kier alpha value is -2.43. The van der Waals surface area contributed by atoms with Gasteiger partial charge in [0.2, 0.25) is 0 Å². The Bertz CT molecular complexity index is 1040. The fraction of sp³-hybridized carbons (Fsp3) is 0.400. The first-order valence-electron chi connectivity index (χ1n) is 9.92. The minimum absolute atomic E-state index is 0.0188. The predicted octanol–water partition coefficient (Wildman–Crippen LogP) is 2.81. The molecule has 3 aromatic rings. The molecule has 1 saturated heterocycles. The van der Waals surface area contributed by atoms with Crippen LogP contribution in [-0.2, 0) is 6.42 Å². The maximum atomic E-state index is 13.2. The van der Waals surface area contributed by atoms with Gasteiger partial charge in [-0.1, -0.05) is 24.8 Å². The number of nitrogens with zero attached hydrogens (tertiary/aromatic N) is 5. The first kappa shape index (κ1) is 19.5. The lowest BCUT2D eigenvalue weighted by Gasteiger charge is -2.40. The average molecular weight is 444 g/mol. The number of piperazine rings is 1. The Morgan fingerprint density at radius 3 is 2.73 bits per heavy atom. The highest BCUT2D eigenvalue weighted by Crippen LogP contribution is 2.42. The Labute approximate surface area is 181 Å². The van der Waals surface area contributed by atoms with Crippen molar-refractivity contribution in [1.29, 1.82) is 0 Å². The number of amides is 1. The Balaban J connectivity index is 1.34. The number of furan rings is 1. The molecule has 0 saturated carbocycles. The topological polar surface area (TPSA) is 84.5 Å². The van der Waals surface area contributed by atoms with E-state index in [0.29, 0.717) is 49.3 Å². The lowest BCUT2D eigenvalue weighted by atomic mass is 10.1. The normalized spacial score (nSPS) is 20.5. The van der Waals surface area contributed by atoms with Crippen LogP contribution < -0.4 is 0 Å². The first-order chi connectivity index (χ1) is 14.7. The van der Waals surface area contributed by atoms with Crippen molar-refractivity contribution in [3.05, 3.63) is 52.4 Å². The number of fused-ring (bicyclic) bond motifs is 1. The fourth-order valence-electron chi connectivity index (χ4n) is 3.93. The molecule has 5 rings (SSSR count). The molecule has 0 N–H and O–H groups in total. The highest BCUT2D eigenvalue weighted by Gasteiger charge is 2.44. The van der Waals surface area contributed by atoms with Gasteiger partial charge in [-0.2, -0.15) is 4.68 Å². The van der Waals surface area contributed by atoms with Crippen LogP contribution >= 0.6 is 23.1 Å². The number of rotatable bonds is 5. The van der Waals surface area contributed by atoms with E-state index in [-0.39, 0.29) is 23.1 Å². The summed E-state index contributed by atoms with van der Waals surface area (Å²) in [5, 5.41) is 6.79. The van der Waals surface area contributed by atoms with E-state index in [0.717, 1.165) is 4.88 Å². The van der Waals surface area contributed by atoms with Gasteiger partial charge in [0.1, 0.15) is 5.25 Å². The highest BCUT2D eigenvalue weighted by molar-refractivity contribution is 8.01. The summed E-state index contributed by atoms with van der Waals surface area (Å²) in [5.74, 6) is 0.954. The molecule has 156 valence electrons. The van der Waals surface area contributed by atoms with E-state index in [2.05, 4.69) is 21.0 Å². The molecule has 0 radical (unpaired) electrons. The quantitative estimate of drug-likeness (QED) is 0.599. The van der Waals surface area contributed by atoms with Gasteiger partial charge in [0.05, 0.1) is 12.3 Å². The summed E-state index contributed by atoms with van der Waals surface area (Å²) in [7, 11) is 0. The molecule has 2 atom stereocenters. The van der Waals surface area contributed by atoms with E-state index in [9.17, 15) is 9.59 Å². The lowest BCUT2D eigenvalue weighted by Crippen LogP contribution is -2.51. The van der Waals surface area contributed by atoms with Crippen LogP contribution in [0.25, 0.3) is 0 Å². The van der Waals surface area contributed by atoms with E-state index in [4.69, 9.17) is 4.42 Å². The van der Waals surface area contributed by atoms with Crippen molar-refractivity contribution < 1.29 is 14.0 Å². The van der Waals surface area contributed by atoms with Crippen LogP contribution in [0.2, 0.25) is 0 Å². The third-order valence-electron chi connectivity index (χ3n) is 5.47. The molecular formula is C20H21N5O3S2. The zero-order valence-corrected chi connectivity index (χ0v) is 18.1. The minimum Gasteiger partial charge on any atom is -0.459 e. The van der Waals surface area contributed by atoms with Gasteiger partial charge in [-0.05, 0) is 23.6 Å². The first-order valence-corrected chi connectivity index (χ1v) is 11.7. The van der Waals surface area contributed by atoms with E-state index in [1.807, 2.05) is 23.3 Å². The van der Waals surface area contributed by atoms with Crippen LogP contribution in [0.3, 0.4) is 0 Å². The van der Waals surface area contributed by atoms with Gasteiger partial charge in [-0.3, -0.25) is 14.5 Å². The van der Waals surface area contributed by atoms with Crippen molar-refractivity contribution in [2.45, 2.75) is 29.8 Å². The number of hydrogen-bond acceptors (Lipinski definition) is 8. The molecule has 10 heteroatoms. The van der Waals surface area contributed by atoms with Crippen LogP contribution in [0, 0.1) is 0 Å². The van der Waals surface area contributed by atoms with E-state index < -0.39 is 0 Å². The predicted molar refractivity (Wildman–Crippen MR) is 113 cm³/mol. The second-order valence-corrected chi connectivity index (χ2v) is 9.31. The molecule has 0 bridgehead atoms. The van der Waals surface area contributed by atoms with Crippen LogP contribution in [0.1, 0.15) is 39.0 Å². The molecule has 2 aliphatic rings. The summed E-state index contributed by atoms with van der Waals surface area (Å²) in [6.45, 7) is 4.55. The molecule has 1 amide bonds. The summed E-state index contributed by atoms with van der Waals surface area (Å²) in [6.07, 6.45) is 2.22. The molecule has 8 nitrogen and oxygen atoms in total. The molecule has 30 heavy (non-hydrogen) atoms. The zero-order chi connectivity index (χ0) is 20.7. The molecule has 0 aromatic carbocycles. The summed E-state index contributed by atoms with van der Waals surface area (Å²) < 4.78 is 6.72. The van der Waals surface area contributed by atoms with Gasteiger partial charge in [0, 0.05) is 37.5 Å². The molecule has 2 aliphatic heterocycles. The van der Waals surface area contributed by atoms with Gasteiger partial charge in [-0.15, -0.1) is 16.4 Å². The van der Waals surface area contributed by atoms with E-state index >= 15 is 0 Å². The summed E-state index contributed by atoms with van der Waals surface area (Å²) >= 11 is 3.15. The van der Waals surface area contributed by atoms with Gasteiger partial charge in [0.25, 0.3) is 11.8 Å². The van der Waals surface area contributed by atoms with Crippen molar-refractivity contribution in [3.63, 3.8) is 0 Å². The van der Waals surface area contributed by atoms with E-state index in [1.165, 1.54) is 22.7 Å². The number of thiophene rings is 1. The van der Waals surface area contributed by atoms with Gasteiger partial charge in [0.15, 0.2) is 16.7 Å². The largest absolute Gasteiger partial charge is 0.459 e. The molecule has 0 spiro atoms. The van der Waals surface area contributed by atoms with Crippen molar-refractivity contribution in [1.82, 2.24) is 24.6 Å². The average Bonchev–Trinajstić information content (AvgIpc) is 3.56. The molecule has 5 heterocycles. The third kappa shape index (κ3) is 3.38. The van der Waals surface area contributed by atoms with Crippen LogP contribution in [-0.4, -0.2) is 67.8 Å². The summed E-state index contributed by atoms with van der Waals surface area (Å²) in [4.78, 5) is 35.5. The SMILES string of the molecule is CCc1nc2n(n1)C(=O)C(C(c1cccs1)N1CCN(C(=O)c3ccco3)CC1)S2. The highest BCUT2D eigenvalue weighted by atomic mass is 32.2. The van der Waals surface area contributed by atoms with E-state index in [1.54, 1.807) is 23.5 Å². The molecular weight excluding hydrogens is 422 g/mol. The molecule has 0 aliphatic carbocycles. The van der Waals surface area contributed by atoms with Crippen molar-refractivity contribution >= 4 is 34.9 Å². The standard InChI is InChI=1S/C20H21N5O3S2/c1-2-15-21-20-25(22-15)19(27)17(30-20)16(14-6-4-12-29-14)23-7-9-24(10-8-23)18(26)13-5-3-11-28-13/h3-6,11-12,16-17H,2,7-10H2,1H3. The fourth-order valence-corrected chi connectivity index (χ4v) is 6.18. The smallest absolute Gasteiger partial charge is 0.289 e. The molecule has 3 aromatic heterocycles. The number of aryl methyl sites for hydroxylation is 1. The third-order valence-corrected chi connectivity index (χ3v) is 7.60. The summed E-state index contributed by atoms with van der Waals surface area (Å²) in [6, 6.07) is 7.43. The van der Waals surface area contributed by atoms with Crippen LogP contribution in [0.4, 0.5) is 0 Å². The Morgan fingerprint density at radius 2 is 2.10 bits per heavy atom. The second kappa shape index (κ2) is 8.01. The van der Waals surface area contributed by atoms with Crippen molar-refractivity contribution in [2.75, 3.05) is 26.2 Å². The number of carbonyl (C=O) groups excluding carboxylic acids is 2. The van der Waals surface area contributed by atoms with Crippen LogP contribution in [0.5, 0.6) is 0 Å². The van der Waals surface area contributed by atoms with Crippen molar-refractivity contribution in [3.8, 4) is 0 Å². The number of hydrogen-bond donors (Lipinski definition) is 0. The van der Waals surface area contributed by atoms with Gasteiger partial charge in [-0.25, -0.2) is 4.98 Å². The van der Waals surface area contributed by atoms with Crippen LogP contribution in [0.15, 0.2) is 45.5 Å². The monoisotopic (exact) mass is 443 g/mol. The lowest BCUT2D eigenvalue weighted by molar-refractivity contribution is 0.0519. The second-order valence-electron chi connectivity index (χ2n) is 7.22.